The van der Waals surface area contributed by atoms with Gasteiger partial charge in [0.1, 0.15) is 5.65 Å². The summed E-state index contributed by atoms with van der Waals surface area (Å²) >= 11 is 0. The summed E-state index contributed by atoms with van der Waals surface area (Å²) in [6.07, 6.45) is 5.04. The number of fused-ring (bicyclic) bond motifs is 1. The van der Waals surface area contributed by atoms with Crippen molar-refractivity contribution in [1.82, 2.24) is 15.3 Å². The number of H-pyrrole nitrogens is 1. The normalized spacial score (nSPS) is 14.5. The van der Waals surface area contributed by atoms with Crippen molar-refractivity contribution >= 4 is 51.9 Å². The van der Waals surface area contributed by atoms with Crippen LogP contribution in [0.25, 0.3) is 22.7 Å². The van der Waals surface area contributed by atoms with Crippen LogP contribution in [0.2, 0.25) is 0 Å². The van der Waals surface area contributed by atoms with Gasteiger partial charge in [0.25, 0.3) is 0 Å². The van der Waals surface area contributed by atoms with Gasteiger partial charge in [-0.25, -0.2) is 9.78 Å². The van der Waals surface area contributed by atoms with Gasteiger partial charge < -0.3 is 21.4 Å². The Morgan fingerprint density at radius 2 is 1.86 bits per heavy atom. The number of anilines is 2. The largest absolute Gasteiger partial charge is 0.366 e. The Kier molecular flexibility index (Phi) is 6.42. The number of rotatable bonds is 7. The molecule has 1 aliphatic rings. The predicted octanol–water partition coefficient (Wildman–Crippen LogP) is 3.86. The highest BCUT2D eigenvalue weighted by Gasteiger charge is 2.22. The Morgan fingerprint density at radius 1 is 1.11 bits per heavy atom. The third-order valence-electron chi connectivity index (χ3n) is 6.47. The Labute approximate surface area is 213 Å². The lowest BCUT2D eigenvalue weighted by Crippen LogP contribution is -2.27. The Morgan fingerprint density at radius 3 is 2.54 bits per heavy atom. The second-order valence-corrected chi connectivity index (χ2v) is 8.80. The van der Waals surface area contributed by atoms with E-state index >= 15 is 0 Å². The maximum absolute atomic E-state index is 13.2. The van der Waals surface area contributed by atoms with E-state index in [1.165, 1.54) is 0 Å². The third-order valence-corrected chi connectivity index (χ3v) is 6.47. The van der Waals surface area contributed by atoms with Gasteiger partial charge >= 0.3 is 6.03 Å². The SMILES string of the molecule is CC(C(=O)Nc1ccnc2[nH]cc(C=C(C(N)=O)c3ccccc3)c12)c1ccc(N2CCNC2=O)cc1. The summed E-state index contributed by atoms with van der Waals surface area (Å²) in [5.41, 5.74) is 10.2. The average Bonchev–Trinajstić information content (AvgIpc) is 3.53. The van der Waals surface area contributed by atoms with Gasteiger partial charge in [0.15, 0.2) is 0 Å². The molecule has 37 heavy (non-hydrogen) atoms. The summed E-state index contributed by atoms with van der Waals surface area (Å²) in [5.74, 6) is -1.21. The number of nitrogens with one attached hydrogen (secondary N) is 3. The van der Waals surface area contributed by atoms with Crippen LogP contribution in [0.1, 0.15) is 29.5 Å². The summed E-state index contributed by atoms with van der Waals surface area (Å²) in [6.45, 7) is 3.05. The lowest BCUT2D eigenvalue weighted by Gasteiger charge is -2.17. The summed E-state index contributed by atoms with van der Waals surface area (Å²) in [4.78, 5) is 46.5. The molecule has 5 rings (SSSR count). The molecule has 0 aliphatic carbocycles. The first kappa shape index (κ1) is 23.8. The van der Waals surface area contributed by atoms with Crippen molar-refractivity contribution in [1.29, 1.82) is 0 Å². The van der Waals surface area contributed by atoms with Crippen molar-refractivity contribution in [3.8, 4) is 0 Å². The lowest BCUT2D eigenvalue weighted by atomic mass is 9.99. The molecule has 1 atom stereocenters. The van der Waals surface area contributed by atoms with Gasteiger partial charge in [0, 0.05) is 47.7 Å². The molecule has 5 N–H and O–H groups in total. The molecule has 4 amide bonds. The van der Waals surface area contributed by atoms with Crippen LogP contribution < -0.4 is 21.3 Å². The Hall–Kier alpha value is -4.92. The highest BCUT2D eigenvalue weighted by Crippen LogP contribution is 2.30. The molecule has 1 unspecified atom stereocenters. The molecule has 1 saturated heterocycles. The molecule has 0 spiro atoms. The molecule has 2 aromatic carbocycles. The van der Waals surface area contributed by atoms with E-state index < -0.39 is 11.8 Å². The number of aromatic amines is 1. The smallest absolute Gasteiger partial charge is 0.321 e. The predicted molar refractivity (Wildman–Crippen MR) is 144 cm³/mol. The van der Waals surface area contributed by atoms with Crippen molar-refractivity contribution in [2.75, 3.05) is 23.3 Å². The molecule has 1 aliphatic heterocycles. The summed E-state index contributed by atoms with van der Waals surface area (Å²) < 4.78 is 0. The number of hydrogen-bond acceptors (Lipinski definition) is 4. The van der Waals surface area contributed by atoms with Gasteiger partial charge in [-0.05, 0) is 42.3 Å². The first-order valence-corrected chi connectivity index (χ1v) is 11.9. The maximum Gasteiger partial charge on any atom is 0.321 e. The van der Waals surface area contributed by atoms with E-state index in [4.69, 9.17) is 5.73 Å². The molecule has 2 aromatic heterocycles. The van der Waals surface area contributed by atoms with Crippen molar-refractivity contribution < 1.29 is 14.4 Å². The molecule has 3 heterocycles. The minimum Gasteiger partial charge on any atom is -0.366 e. The molecular weight excluding hydrogens is 468 g/mol. The van der Waals surface area contributed by atoms with E-state index in [9.17, 15) is 14.4 Å². The number of nitrogens with two attached hydrogens (primary N) is 1. The third kappa shape index (κ3) is 4.79. The number of pyridine rings is 1. The topological polar surface area (TPSA) is 133 Å². The van der Waals surface area contributed by atoms with Crippen LogP contribution in [-0.2, 0) is 9.59 Å². The zero-order valence-electron chi connectivity index (χ0n) is 20.2. The van der Waals surface area contributed by atoms with Crippen molar-refractivity contribution in [3.63, 3.8) is 0 Å². The molecule has 0 saturated carbocycles. The van der Waals surface area contributed by atoms with Crippen molar-refractivity contribution in [2.45, 2.75) is 12.8 Å². The van der Waals surface area contributed by atoms with Crippen molar-refractivity contribution in [2.24, 2.45) is 5.73 Å². The molecule has 0 bridgehead atoms. The van der Waals surface area contributed by atoms with Gasteiger partial charge in [-0.3, -0.25) is 14.5 Å². The second-order valence-electron chi connectivity index (χ2n) is 8.80. The van der Waals surface area contributed by atoms with E-state index in [2.05, 4.69) is 20.6 Å². The number of hydrogen-bond donors (Lipinski definition) is 4. The number of carbonyl (C=O) groups excluding carboxylic acids is 3. The molecule has 4 aromatic rings. The molecular formula is C28H26N6O3. The van der Waals surface area contributed by atoms with Gasteiger partial charge in [0.2, 0.25) is 11.8 Å². The highest BCUT2D eigenvalue weighted by atomic mass is 16.2. The minimum absolute atomic E-state index is 0.122. The Bertz CT molecular complexity index is 1510. The molecule has 186 valence electrons. The van der Waals surface area contributed by atoms with Crippen LogP contribution in [-0.4, -0.2) is 40.9 Å². The maximum atomic E-state index is 13.2. The van der Waals surface area contributed by atoms with Crippen LogP contribution in [0, 0.1) is 0 Å². The van der Waals surface area contributed by atoms with Crippen LogP contribution in [0.15, 0.2) is 73.1 Å². The number of aromatic nitrogens is 2. The number of carbonyl (C=O) groups is 3. The number of primary amides is 1. The van der Waals surface area contributed by atoms with E-state index in [1.807, 2.05) is 61.5 Å². The molecule has 9 nitrogen and oxygen atoms in total. The Balaban J connectivity index is 1.41. The van der Waals surface area contributed by atoms with Gasteiger partial charge in [-0.2, -0.15) is 0 Å². The van der Waals surface area contributed by atoms with Gasteiger partial charge in [0.05, 0.1) is 11.6 Å². The number of amides is 4. The van der Waals surface area contributed by atoms with Crippen LogP contribution in [0.5, 0.6) is 0 Å². The molecule has 9 heteroatoms. The summed E-state index contributed by atoms with van der Waals surface area (Å²) in [7, 11) is 0. The zero-order valence-corrected chi connectivity index (χ0v) is 20.2. The highest BCUT2D eigenvalue weighted by molar-refractivity contribution is 6.24. The standard InChI is InChI=1S/C28H26N6O3/c1-17(18-7-9-21(10-8-18)34-14-13-31-28(34)37)27(36)33-23-11-12-30-26-24(23)20(16-32-26)15-22(25(29)35)19-5-3-2-4-6-19/h2-12,15-17H,13-14H2,1H3,(H2,29,35)(H,31,37)(H2,30,32,33,36). The number of nitrogens with zero attached hydrogens (tertiary/aromatic N) is 2. The monoisotopic (exact) mass is 494 g/mol. The first-order chi connectivity index (χ1) is 17.9. The number of benzene rings is 2. The summed E-state index contributed by atoms with van der Waals surface area (Å²) in [5, 5.41) is 6.46. The molecule has 0 radical (unpaired) electrons. The fourth-order valence-corrected chi connectivity index (χ4v) is 4.42. The zero-order chi connectivity index (χ0) is 25.9. The van der Waals surface area contributed by atoms with Crippen molar-refractivity contribution in [3.05, 3.63) is 89.7 Å². The first-order valence-electron chi connectivity index (χ1n) is 11.9. The van der Waals surface area contributed by atoms with Crippen LogP contribution >= 0.6 is 0 Å². The van der Waals surface area contributed by atoms with Crippen LogP contribution in [0.3, 0.4) is 0 Å². The van der Waals surface area contributed by atoms with Gasteiger partial charge in [-0.15, -0.1) is 0 Å². The lowest BCUT2D eigenvalue weighted by molar-refractivity contribution is -0.117. The average molecular weight is 495 g/mol. The van der Waals surface area contributed by atoms with Gasteiger partial charge in [-0.1, -0.05) is 42.5 Å². The van der Waals surface area contributed by atoms with E-state index in [1.54, 1.807) is 29.4 Å². The van der Waals surface area contributed by atoms with E-state index in [0.29, 0.717) is 46.5 Å². The minimum atomic E-state index is -0.557. The van der Waals surface area contributed by atoms with Crippen LogP contribution in [0.4, 0.5) is 16.2 Å². The summed E-state index contributed by atoms with van der Waals surface area (Å²) in [6, 6.07) is 18.2. The van der Waals surface area contributed by atoms with E-state index in [0.717, 1.165) is 11.3 Å². The van der Waals surface area contributed by atoms with E-state index in [-0.39, 0.29) is 11.9 Å². The fourth-order valence-electron chi connectivity index (χ4n) is 4.42. The second kappa shape index (κ2) is 9.98. The molecule has 1 fully saturated rings. The quantitative estimate of drug-likeness (QED) is 0.290. The fraction of sp³-hybridized carbons (Fsp3) is 0.143. The number of urea groups is 1.